The highest BCUT2D eigenvalue weighted by molar-refractivity contribution is 5.91. The smallest absolute Gasteiger partial charge is 0.336 e. The van der Waals surface area contributed by atoms with Crippen LogP contribution in [0.25, 0.3) is 11.0 Å². The van der Waals surface area contributed by atoms with Crippen molar-refractivity contribution in [1.29, 1.82) is 0 Å². The summed E-state index contributed by atoms with van der Waals surface area (Å²) in [4.78, 5) is 28.2. The molecule has 1 heterocycles. The number of esters is 1. The Balaban J connectivity index is 1.64. The SMILES string of the molecule is CCOC(=O)Cc1cc(=O)oc2cc(O)c(N=Cc3cccc(Oc4ccccc4)c3)cc12. The number of fused-ring (bicyclic) bond motifs is 1. The van der Waals surface area contributed by atoms with Gasteiger partial charge >= 0.3 is 11.6 Å². The van der Waals surface area contributed by atoms with E-state index in [1.54, 1.807) is 19.2 Å². The van der Waals surface area contributed by atoms with Crippen molar-refractivity contribution >= 4 is 28.8 Å². The molecule has 0 saturated carbocycles. The Morgan fingerprint density at radius 2 is 1.82 bits per heavy atom. The molecule has 1 N–H and O–H groups in total. The van der Waals surface area contributed by atoms with Crippen molar-refractivity contribution < 1.29 is 23.8 Å². The van der Waals surface area contributed by atoms with Gasteiger partial charge in [0.2, 0.25) is 0 Å². The van der Waals surface area contributed by atoms with Gasteiger partial charge in [-0.1, -0.05) is 30.3 Å². The van der Waals surface area contributed by atoms with E-state index >= 15 is 0 Å². The maximum absolute atomic E-state index is 11.9. The van der Waals surface area contributed by atoms with Crippen LogP contribution in [0.15, 0.2) is 87.0 Å². The minimum atomic E-state index is -0.618. The average Bonchev–Trinajstić information content (AvgIpc) is 2.79. The molecule has 166 valence electrons. The highest BCUT2D eigenvalue weighted by Crippen LogP contribution is 2.33. The number of hydrogen-bond acceptors (Lipinski definition) is 7. The first kappa shape index (κ1) is 21.8. The van der Waals surface area contributed by atoms with Gasteiger partial charge in [0, 0.05) is 23.7 Å². The summed E-state index contributed by atoms with van der Waals surface area (Å²) in [6.07, 6.45) is 1.49. The third kappa shape index (κ3) is 5.46. The van der Waals surface area contributed by atoms with Gasteiger partial charge in [0.15, 0.2) is 0 Å². The predicted molar refractivity (Wildman–Crippen MR) is 125 cm³/mol. The zero-order chi connectivity index (χ0) is 23.2. The summed E-state index contributed by atoms with van der Waals surface area (Å²) in [5.41, 5.74) is 1.00. The van der Waals surface area contributed by atoms with E-state index in [2.05, 4.69) is 4.99 Å². The summed E-state index contributed by atoms with van der Waals surface area (Å²) in [7, 11) is 0. The highest BCUT2D eigenvalue weighted by Gasteiger charge is 2.14. The number of phenolic OH excluding ortho intramolecular Hbond substituents is 1. The zero-order valence-electron chi connectivity index (χ0n) is 17.9. The van der Waals surface area contributed by atoms with Gasteiger partial charge in [-0.15, -0.1) is 0 Å². The summed E-state index contributed by atoms with van der Waals surface area (Å²) < 4.78 is 16.0. The second-order valence-electron chi connectivity index (χ2n) is 7.16. The second-order valence-corrected chi connectivity index (χ2v) is 7.16. The Morgan fingerprint density at radius 1 is 1.03 bits per heavy atom. The molecule has 0 unspecified atom stereocenters. The molecule has 4 aromatic rings. The van der Waals surface area contributed by atoms with Crippen molar-refractivity contribution in [3.63, 3.8) is 0 Å². The maximum atomic E-state index is 11.9. The van der Waals surface area contributed by atoms with Crippen LogP contribution in [0.5, 0.6) is 17.2 Å². The predicted octanol–water partition coefficient (Wildman–Crippen LogP) is 5.15. The van der Waals surface area contributed by atoms with E-state index in [-0.39, 0.29) is 30.0 Å². The van der Waals surface area contributed by atoms with Gasteiger partial charge < -0.3 is 19.0 Å². The molecule has 0 aliphatic rings. The lowest BCUT2D eigenvalue weighted by Crippen LogP contribution is -2.10. The van der Waals surface area contributed by atoms with E-state index < -0.39 is 11.6 Å². The van der Waals surface area contributed by atoms with E-state index in [1.807, 2.05) is 54.6 Å². The monoisotopic (exact) mass is 443 g/mol. The molecule has 0 radical (unpaired) electrons. The van der Waals surface area contributed by atoms with Crippen LogP contribution < -0.4 is 10.4 Å². The van der Waals surface area contributed by atoms with Gasteiger partial charge in [0.25, 0.3) is 0 Å². The number of aromatic hydroxyl groups is 1. The standard InChI is InChI=1S/C26H21NO6/c1-2-31-25(29)12-18-13-26(30)33-24-15-23(28)22(14-21(18)24)27-16-17-7-6-10-20(11-17)32-19-8-4-3-5-9-19/h3-11,13-16,28H,2,12H2,1H3. The number of rotatable bonds is 7. The molecular weight excluding hydrogens is 422 g/mol. The Morgan fingerprint density at radius 3 is 2.61 bits per heavy atom. The Kier molecular flexibility index (Phi) is 6.50. The van der Waals surface area contributed by atoms with Crippen molar-refractivity contribution in [3.8, 4) is 17.2 Å². The molecule has 4 rings (SSSR count). The number of ether oxygens (including phenoxy) is 2. The van der Waals surface area contributed by atoms with Crippen LogP contribution in [0.4, 0.5) is 5.69 Å². The molecule has 7 heteroatoms. The molecule has 0 atom stereocenters. The fraction of sp³-hybridized carbons (Fsp3) is 0.115. The summed E-state index contributed by atoms with van der Waals surface area (Å²) in [6, 6.07) is 20.9. The molecule has 0 amide bonds. The second kappa shape index (κ2) is 9.82. The summed E-state index contributed by atoms with van der Waals surface area (Å²) in [5.74, 6) is 0.741. The van der Waals surface area contributed by atoms with Gasteiger partial charge in [0.05, 0.1) is 13.0 Å². The van der Waals surface area contributed by atoms with Crippen LogP contribution >= 0.6 is 0 Å². The normalized spacial score (nSPS) is 11.1. The van der Waals surface area contributed by atoms with Crippen LogP contribution in [-0.4, -0.2) is 23.9 Å². The van der Waals surface area contributed by atoms with E-state index in [1.165, 1.54) is 12.1 Å². The Hall–Kier alpha value is -4.39. The molecule has 33 heavy (non-hydrogen) atoms. The van der Waals surface area contributed by atoms with Gasteiger partial charge in [-0.25, -0.2) is 4.79 Å². The Labute approximate surface area is 189 Å². The van der Waals surface area contributed by atoms with Crippen LogP contribution in [0.3, 0.4) is 0 Å². The third-order valence-corrected chi connectivity index (χ3v) is 4.76. The van der Waals surface area contributed by atoms with Gasteiger partial charge in [0.1, 0.15) is 28.5 Å². The maximum Gasteiger partial charge on any atom is 0.336 e. The van der Waals surface area contributed by atoms with Gasteiger partial charge in [-0.3, -0.25) is 9.79 Å². The quantitative estimate of drug-likeness (QED) is 0.241. The third-order valence-electron chi connectivity index (χ3n) is 4.76. The first-order valence-electron chi connectivity index (χ1n) is 10.3. The van der Waals surface area contributed by atoms with Gasteiger partial charge in [-0.05, 0) is 48.4 Å². The lowest BCUT2D eigenvalue weighted by atomic mass is 10.1. The average molecular weight is 443 g/mol. The van der Waals surface area contributed by atoms with Crippen molar-refractivity contribution in [2.75, 3.05) is 6.61 Å². The molecule has 7 nitrogen and oxygen atoms in total. The number of para-hydroxylation sites is 1. The molecule has 3 aromatic carbocycles. The van der Waals surface area contributed by atoms with Crippen molar-refractivity contribution in [3.05, 3.63) is 94.3 Å². The molecule has 0 bridgehead atoms. The fourth-order valence-corrected chi connectivity index (χ4v) is 3.30. The molecule has 1 aromatic heterocycles. The summed E-state index contributed by atoms with van der Waals surface area (Å²) in [6.45, 7) is 1.95. The van der Waals surface area contributed by atoms with Crippen LogP contribution in [0, 0.1) is 0 Å². The first-order valence-corrected chi connectivity index (χ1v) is 10.3. The van der Waals surface area contributed by atoms with Gasteiger partial charge in [-0.2, -0.15) is 0 Å². The van der Waals surface area contributed by atoms with Crippen molar-refractivity contribution in [2.45, 2.75) is 13.3 Å². The molecule has 0 aliphatic heterocycles. The largest absolute Gasteiger partial charge is 0.506 e. The minimum absolute atomic E-state index is 0.0945. The number of aliphatic imine (C=N–C) groups is 1. The molecule has 0 saturated heterocycles. The molecule has 0 fully saturated rings. The highest BCUT2D eigenvalue weighted by atomic mass is 16.5. The van der Waals surface area contributed by atoms with E-state index in [4.69, 9.17) is 13.9 Å². The van der Waals surface area contributed by atoms with Crippen molar-refractivity contribution in [1.82, 2.24) is 0 Å². The molecule has 0 spiro atoms. The van der Waals surface area contributed by atoms with Crippen LogP contribution in [0.2, 0.25) is 0 Å². The lowest BCUT2D eigenvalue weighted by Gasteiger charge is -2.08. The number of nitrogens with zero attached hydrogens (tertiary/aromatic N) is 1. The van der Waals surface area contributed by atoms with Crippen LogP contribution in [-0.2, 0) is 16.0 Å². The number of hydrogen-bond donors (Lipinski definition) is 1. The number of phenols is 1. The number of carbonyl (C=O) groups is 1. The minimum Gasteiger partial charge on any atom is -0.506 e. The number of carbonyl (C=O) groups excluding carboxylic acids is 1. The molecule has 0 aliphatic carbocycles. The molecular formula is C26H21NO6. The zero-order valence-corrected chi connectivity index (χ0v) is 17.9. The van der Waals surface area contributed by atoms with Crippen molar-refractivity contribution in [2.24, 2.45) is 4.99 Å². The summed E-state index contributed by atoms with van der Waals surface area (Å²) in [5, 5.41) is 10.9. The van der Waals surface area contributed by atoms with E-state index in [0.29, 0.717) is 16.7 Å². The number of benzene rings is 3. The van der Waals surface area contributed by atoms with Crippen LogP contribution in [0.1, 0.15) is 18.1 Å². The lowest BCUT2D eigenvalue weighted by molar-refractivity contribution is -0.142. The van der Waals surface area contributed by atoms with E-state index in [9.17, 15) is 14.7 Å². The van der Waals surface area contributed by atoms with E-state index in [0.717, 1.165) is 11.3 Å². The Bertz CT molecular complexity index is 1370. The fourth-order valence-electron chi connectivity index (χ4n) is 3.30. The first-order chi connectivity index (χ1) is 16.0. The summed E-state index contributed by atoms with van der Waals surface area (Å²) >= 11 is 0. The topological polar surface area (TPSA) is 98.3 Å².